The van der Waals surface area contributed by atoms with Crippen LogP contribution in [0.3, 0.4) is 0 Å². The summed E-state index contributed by atoms with van der Waals surface area (Å²) in [6.45, 7) is 6.48. The van der Waals surface area contributed by atoms with E-state index in [2.05, 4.69) is 41.2 Å². The maximum absolute atomic E-state index is 2.18. The minimum atomic E-state index is 1.20. The van der Waals surface area contributed by atoms with Gasteiger partial charge in [0.05, 0.1) is 0 Å². The quantitative estimate of drug-likeness (QED) is 0.378. The van der Waals surface area contributed by atoms with E-state index in [0.717, 1.165) is 0 Å². The minimum absolute atomic E-state index is 1.20. The number of allylic oxidation sites excluding steroid dienone is 2. The van der Waals surface area contributed by atoms with Gasteiger partial charge in [0.25, 0.3) is 0 Å². The fourth-order valence-electron chi connectivity index (χ4n) is 0.177. The Balaban J connectivity index is 3.72. The van der Waals surface area contributed by atoms with Gasteiger partial charge in [-0.15, -0.1) is 0 Å². The Bertz CT molecular complexity index is 78.2. The average Bonchev–Trinajstić information content (AvgIpc) is 1.65. The van der Waals surface area contributed by atoms with Gasteiger partial charge >= 0.3 is 57.1 Å². The van der Waals surface area contributed by atoms with Gasteiger partial charge in [0, 0.05) is 0 Å². The summed E-state index contributed by atoms with van der Waals surface area (Å²) in [5.41, 5.74) is 2.97. The molecule has 0 radical (unpaired) electrons. The first kappa shape index (κ1) is 7.45. The van der Waals surface area contributed by atoms with Gasteiger partial charge in [0.2, 0.25) is 0 Å². The van der Waals surface area contributed by atoms with E-state index in [0.29, 0.717) is 0 Å². The van der Waals surface area contributed by atoms with Gasteiger partial charge in [-0.05, 0) is 0 Å². The van der Waals surface area contributed by atoms with Crippen LogP contribution in [0, 0.1) is 0 Å². The predicted molar refractivity (Wildman–Crippen MR) is 28.9 cm³/mol. The van der Waals surface area contributed by atoms with Gasteiger partial charge in [-0.3, -0.25) is 0 Å². The zero-order valence-corrected chi connectivity index (χ0v) is 6.77. The standard InChI is InChI=1S/C6H11.Ti/c1-5(2)6(3)4;/h1H2,2-4H3;. The SMILES string of the molecule is CC(C)=C(C)[CH2][Ti]. The summed E-state index contributed by atoms with van der Waals surface area (Å²) in [4.78, 5) is 0. The number of rotatable bonds is 1. The summed E-state index contributed by atoms with van der Waals surface area (Å²) in [7, 11) is 0. The molecule has 0 saturated heterocycles. The van der Waals surface area contributed by atoms with Gasteiger partial charge in [0.1, 0.15) is 0 Å². The van der Waals surface area contributed by atoms with Crippen molar-refractivity contribution in [3.8, 4) is 0 Å². The Morgan fingerprint density at radius 2 is 1.71 bits per heavy atom. The molecule has 0 aliphatic rings. The van der Waals surface area contributed by atoms with Crippen molar-refractivity contribution in [2.45, 2.75) is 25.5 Å². The Kier molecular flexibility index (Phi) is 3.68. The average molecular weight is 131 g/mol. The van der Waals surface area contributed by atoms with Crippen molar-refractivity contribution in [2.24, 2.45) is 0 Å². The van der Waals surface area contributed by atoms with E-state index < -0.39 is 0 Å². The molecule has 0 amide bonds. The molecule has 0 bridgehead atoms. The third-order valence-electron chi connectivity index (χ3n) is 1.12. The molecule has 0 nitrogen and oxygen atoms in total. The topological polar surface area (TPSA) is 0 Å². The van der Waals surface area contributed by atoms with Crippen LogP contribution in [0.1, 0.15) is 20.8 Å². The van der Waals surface area contributed by atoms with Crippen molar-refractivity contribution in [1.82, 2.24) is 0 Å². The van der Waals surface area contributed by atoms with Crippen molar-refractivity contribution < 1.29 is 20.4 Å². The van der Waals surface area contributed by atoms with E-state index in [1.54, 1.807) is 0 Å². The van der Waals surface area contributed by atoms with E-state index in [9.17, 15) is 0 Å². The van der Waals surface area contributed by atoms with Crippen LogP contribution in [0.2, 0.25) is 4.73 Å². The number of hydrogen-bond acceptors (Lipinski definition) is 0. The van der Waals surface area contributed by atoms with E-state index in [4.69, 9.17) is 0 Å². The normalized spacial score (nSPS) is 8.29. The molecule has 0 saturated carbocycles. The number of hydrogen-bond donors (Lipinski definition) is 0. The zero-order valence-electron chi connectivity index (χ0n) is 5.21. The fraction of sp³-hybridized carbons (Fsp3) is 0.667. The van der Waals surface area contributed by atoms with Gasteiger partial charge in [-0.25, -0.2) is 0 Å². The summed E-state index contributed by atoms with van der Waals surface area (Å²) in [5, 5.41) is 0. The molecule has 0 unspecified atom stereocenters. The molecule has 0 aromatic carbocycles. The molecule has 0 rings (SSSR count). The fourth-order valence-corrected chi connectivity index (χ4v) is 0.729. The van der Waals surface area contributed by atoms with Crippen LogP contribution in [0.5, 0.6) is 0 Å². The van der Waals surface area contributed by atoms with Crippen molar-refractivity contribution in [3.63, 3.8) is 0 Å². The van der Waals surface area contributed by atoms with Crippen LogP contribution in [-0.4, -0.2) is 0 Å². The van der Waals surface area contributed by atoms with E-state index in [1.165, 1.54) is 15.9 Å². The first-order valence-corrected chi connectivity index (χ1v) is 3.56. The van der Waals surface area contributed by atoms with Crippen molar-refractivity contribution in [3.05, 3.63) is 11.1 Å². The third-order valence-corrected chi connectivity index (χ3v) is 1.95. The first-order chi connectivity index (χ1) is 3.18. The Morgan fingerprint density at radius 1 is 1.29 bits per heavy atom. The predicted octanol–water partition coefficient (Wildman–Crippen LogP) is 2.31. The molecule has 1 heteroatoms. The molecule has 0 aromatic heterocycles. The molecule has 0 heterocycles. The van der Waals surface area contributed by atoms with Crippen LogP contribution in [0.15, 0.2) is 11.1 Å². The molecule has 0 aliphatic heterocycles. The van der Waals surface area contributed by atoms with E-state index >= 15 is 0 Å². The van der Waals surface area contributed by atoms with Crippen LogP contribution in [-0.2, 0) is 20.4 Å². The van der Waals surface area contributed by atoms with Crippen molar-refractivity contribution >= 4 is 0 Å². The molecule has 0 N–H and O–H groups in total. The third kappa shape index (κ3) is 3.07. The molecule has 0 spiro atoms. The molecule has 39 valence electrons. The Morgan fingerprint density at radius 3 is 1.71 bits per heavy atom. The molecule has 0 fully saturated rings. The van der Waals surface area contributed by atoms with Crippen LogP contribution >= 0.6 is 0 Å². The monoisotopic (exact) mass is 131 g/mol. The summed E-state index contributed by atoms with van der Waals surface area (Å²) >= 11 is 2.18. The molecule has 0 atom stereocenters. The summed E-state index contributed by atoms with van der Waals surface area (Å²) < 4.78 is 1.20. The van der Waals surface area contributed by atoms with Crippen LogP contribution in [0.4, 0.5) is 0 Å². The maximum atomic E-state index is 2.18. The Hall–Kier alpha value is 0.454. The van der Waals surface area contributed by atoms with Crippen LogP contribution < -0.4 is 0 Å². The van der Waals surface area contributed by atoms with E-state index in [-0.39, 0.29) is 0 Å². The molecule has 0 aliphatic carbocycles. The second-order valence-corrected chi connectivity index (χ2v) is 2.51. The van der Waals surface area contributed by atoms with Gasteiger partial charge in [-0.2, -0.15) is 0 Å². The van der Waals surface area contributed by atoms with Gasteiger partial charge < -0.3 is 0 Å². The van der Waals surface area contributed by atoms with Gasteiger partial charge in [-0.1, -0.05) is 0 Å². The summed E-state index contributed by atoms with van der Waals surface area (Å²) in [6, 6.07) is 0. The molecular formula is C6H11Ti. The summed E-state index contributed by atoms with van der Waals surface area (Å²) in [6.07, 6.45) is 0. The Labute approximate surface area is 57.4 Å². The van der Waals surface area contributed by atoms with Crippen molar-refractivity contribution in [2.75, 3.05) is 0 Å². The zero-order chi connectivity index (χ0) is 5.86. The van der Waals surface area contributed by atoms with Gasteiger partial charge in [0.15, 0.2) is 0 Å². The van der Waals surface area contributed by atoms with E-state index in [1.807, 2.05) is 0 Å². The summed E-state index contributed by atoms with van der Waals surface area (Å²) in [5.74, 6) is 0. The first-order valence-electron chi connectivity index (χ1n) is 2.46. The molecular weight excluding hydrogens is 120 g/mol. The molecule has 7 heavy (non-hydrogen) atoms. The molecule has 0 aromatic rings. The second-order valence-electron chi connectivity index (χ2n) is 1.96. The second kappa shape index (κ2) is 3.46. The van der Waals surface area contributed by atoms with Crippen molar-refractivity contribution in [1.29, 1.82) is 0 Å². The van der Waals surface area contributed by atoms with Crippen LogP contribution in [0.25, 0.3) is 0 Å².